The summed E-state index contributed by atoms with van der Waals surface area (Å²) in [5.41, 5.74) is 0. The fraction of sp³-hybridized carbons (Fsp3) is 0.941. The second kappa shape index (κ2) is 7.64. The van der Waals surface area contributed by atoms with Gasteiger partial charge in [-0.1, -0.05) is 6.92 Å². The Morgan fingerprint density at radius 1 is 1.32 bits per heavy atom. The van der Waals surface area contributed by atoms with Gasteiger partial charge in [0, 0.05) is 19.6 Å². The molecule has 0 aromatic carbocycles. The highest BCUT2D eigenvalue weighted by Gasteiger charge is 2.41. The highest BCUT2D eigenvalue weighted by Crippen LogP contribution is 2.34. The quantitative estimate of drug-likeness (QED) is 0.598. The van der Waals surface area contributed by atoms with Gasteiger partial charge in [0.2, 0.25) is 0 Å². The van der Waals surface area contributed by atoms with E-state index in [0.29, 0.717) is 18.2 Å². The lowest BCUT2D eigenvalue weighted by molar-refractivity contribution is 0.0992. The van der Waals surface area contributed by atoms with Crippen molar-refractivity contribution in [3.63, 3.8) is 0 Å². The molecule has 22 heavy (non-hydrogen) atoms. The van der Waals surface area contributed by atoms with E-state index in [-0.39, 0.29) is 0 Å². The molecule has 5 nitrogen and oxygen atoms in total. The van der Waals surface area contributed by atoms with E-state index in [9.17, 15) is 0 Å². The number of aliphatic imine (C=N–C) groups is 1. The standard InChI is InChI=1S/C17H32N4O/c1-3-18-17(20-15-11-14-6-7-16(15)22-14)19-8-10-21-9-4-5-13(2)12-21/h13-16H,3-12H2,1-2H3,(H2,18,19,20). The van der Waals surface area contributed by atoms with Crippen molar-refractivity contribution < 1.29 is 4.74 Å². The van der Waals surface area contributed by atoms with Gasteiger partial charge in [-0.25, -0.2) is 0 Å². The minimum Gasteiger partial charge on any atom is -0.373 e. The average molecular weight is 308 g/mol. The maximum Gasteiger partial charge on any atom is 0.191 e. The molecule has 2 bridgehead atoms. The number of nitrogens with one attached hydrogen (secondary N) is 2. The number of rotatable bonds is 5. The molecular weight excluding hydrogens is 276 g/mol. The van der Waals surface area contributed by atoms with Gasteiger partial charge >= 0.3 is 0 Å². The summed E-state index contributed by atoms with van der Waals surface area (Å²) in [5.74, 6) is 1.81. The SMILES string of the molecule is CCNC(=NCCN1CCCC(C)C1)NC1CC2CCC1O2. The molecule has 5 heteroatoms. The van der Waals surface area contributed by atoms with Gasteiger partial charge in [-0.2, -0.15) is 0 Å². The van der Waals surface area contributed by atoms with Gasteiger partial charge in [0.15, 0.2) is 5.96 Å². The molecule has 3 rings (SSSR count). The van der Waals surface area contributed by atoms with E-state index < -0.39 is 0 Å². The highest BCUT2D eigenvalue weighted by atomic mass is 16.5. The van der Waals surface area contributed by atoms with Crippen LogP contribution in [0.2, 0.25) is 0 Å². The van der Waals surface area contributed by atoms with Crippen LogP contribution in [0.3, 0.4) is 0 Å². The third-order valence-corrected chi connectivity index (χ3v) is 5.20. The summed E-state index contributed by atoms with van der Waals surface area (Å²) in [6.07, 6.45) is 7.19. The minimum atomic E-state index is 0.400. The predicted octanol–water partition coefficient (Wildman–Crippen LogP) is 1.59. The second-order valence-electron chi connectivity index (χ2n) is 7.17. The Bertz CT molecular complexity index is 387. The van der Waals surface area contributed by atoms with Gasteiger partial charge in [-0.15, -0.1) is 0 Å². The molecule has 0 radical (unpaired) electrons. The summed E-state index contributed by atoms with van der Waals surface area (Å²) in [4.78, 5) is 7.33. The van der Waals surface area contributed by atoms with Gasteiger partial charge in [0.1, 0.15) is 0 Å². The lowest BCUT2D eigenvalue weighted by Gasteiger charge is -2.30. The van der Waals surface area contributed by atoms with Crippen molar-refractivity contribution in [3.8, 4) is 0 Å². The number of nitrogens with zero attached hydrogens (tertiary/aromatic N) is 2. The third-order valence-electron chi connectivity index (χ3n) is 5.20. The van der Waals surface area contributed by atoms with Crippen molar-refractivity contribution in [3.05, 3.63) is 0 Å². The predicted molar refractivity (Wildman–Crippen MR) is 90.3 cm³/mol. The first-order valence-electron chi connectivity index (χ1n) is 9.17. The maximum absolute atomic E-state index is 5.92. The maximum atomic E-state index is 5.92. The van der Waals surface area contributed by atoms with E-state index >= 15 is 0 Å². The molecule has 0 aromatic rings. The van der Waals surface area contributed by atoms with Crippen LogP contribution in [0.25, 0.3) is 0 Å². The van der Waals surface area contributed by atoms with Crippen LogP contribution in [0.1, 0.15) is 46.0 Å². The zero-order chi connectivity index (χ0) is 15.4. The van der Waals surface area contributed by atoms with Crippen molar-refractivity contribution in [2.75, 3.05) is 32.7 Å². The Morgan fingerprint density at radius 3 is 2.91 bits per heavy atom. The van der Waals surface area contributed by atoms with Crippen LogP contribution in [-0.2, 0) is 4.74 Å². The molecule has 0 aromatic heterocycles. The molecule has 4 atom stereocenters. The molecule has 3 fully saturated rings. The lowest BCUT2D eigenvalue weighted by Crippen LogP contribution is -2.47. The molecule has 0 spiro atoms. The first kappa shape index (κ1) is 16.1. The largest absolute Gasteiger partial charge is 0.373 e. The number of hydrogen-bond acceptors (Lipinski definition) is 3. The monoisotopic (exact) mass is 308 g/mol. The summed E-state index contributed by atoms with van der Waals surface area (Å²) in [6.45, 7) is 9.83. The first-order valence-corrected chi connectivity index (χ1v) is 9.17. The molecule has 3 aliphatic heterocycles. The normalized spacial score (nSPS) is 35.8. The first-order chi connectivity index (χ1) is 10.7. The zero-order valence-corrected chi connectivity index (χ0v) is 14.2. The van der Waals surface area contributed by atoms with Gasteiger partial charge in [-0.3, -0.25) is 4.99 Å². The summed E-state index contributed by atoms with van der Waals surface area (Å²) in [6, 6.07) is 0.451. The molecule has 3 saturated heterocycles. The Labute approximate surface area is 134 Å². The highest BCUT2D eigenvalue weighted by molar-refractivity contribution is 5.80. The van der Waals surface area contributed by atoms with Crippen molar-refractivity contribution in [1.29, 1.82) is 0 Å². The van der Waals surface area contributed by atoms with Crippen LogP contribution in [0.15, 0.2) is 4.99 Å². The van der Waals surface area contributed by atoms with Crippen LogP contribution in [0.4, 0.5) is 0 Å². The topological polar surface area (TPSA) is 48.9 Å². The van der Waals surface area contributed by atoms with Crippen molar-refractivity contribution in [2.45, 2.75) is 64.2 Å². The second-order valence-corrected chi connectivity index (χ2v) is 7.17. The van der Waals surface area contributed by atoms with Gasteiger partial charge < -0.3 is 20.3 Å². The summed E-state index contributed by atoms with van der Waals surface area (Å²) < 4.78 is 5.92. The smallest absolute Gasteiger partial charge is 0.191 e. The van der Waals surface area contributed by atoms with E-state index in [0.717, 1.165) is 37.9 Å². The van der Waals surface area contributed by atoms with Crippen molar-refractivity contribution in [1.82, 2.24) is 15.5 Å². The Balaban J connectivity index is 1.45. The average Bonchev–Trinajstić information content (AvgIpc) is 3.10. The van der Waals surface area contributed by atoms with Crippen molar-refractivity contribution in [2.24, 2.45) is 10.9 Å². The van der Waals surface area contributed by atoms with E-state index in [1.165, 1.54) is 38.8 Å². The van der Waals surface area contributed by atoms with Gasteiger partial charge in [0.05, 0.1) is 24.8 Å². The molecular formula is C17H32N4O. The molecule has 0 aliphatic carbocycles. The molecule has 3 aliphatic rings. The number of piperidine rings is 1. The Kier molecular flexibility index (Phi) is 5.58. The Hall–Kier alpha value is -0.810. The van der Waals surface area contributed by atoms with Gasteiger partial charge in [0.25, 0.3) is 0 Å². The van der Waals surface area contributed by atoms with Crippen LogP contribution >= 0.6 is 0 Å². The zero-order valence-electron chi connectivity index (χ0n) is 14.2. The number of likely N-dealkylation sites (tertiary alicyclic amines) is 1. The molecule has 126 valence electrons. The van der Waals surface area contributed by atoms with E-state index in [1.54, 1.807) is 0 Å². The fourth-order valence-electron chi connectivity index (χ4n) is 4.08. The number of fused-ring (bicyclic) bond motifs is 2. The van der Waals surface area contributed by atoms with E-state index in [4.69, 9.17) is 9.73 Å². The summed E-state index contributed by atoms with van der Waals surface area (Å²) >= 11 is 0. The molecule has 2 N–H and O–H groups in total. The number of hydrogen-bond donors (Lipinski definition) is 2. The lowest BCUT2D eigenvalue weighted by atomic mass is 9.96. The molecule has 4 unspecified atom stereocenters. The van der Waals surface area contributed by atoms with Crippen LogP contribution in [0.5, 0.6) is 0 Å². The van der Waals surface area contributed by atoms with Crippen LogP contribution in [-0.4, -0.2) is 61.8 Å². The molecule has 0 amide bonds. The number of guanidine groups is 1. The summed E-state index contributed by atoms with van der Waals surface area (Å²) in [5, 5.41) is 6.97. The van der Waals surface area contributed by atoms with Crippen molar-refractivity contribution >= 4 is 5.96 Å². The molecule has 3 heterocycles. The van der Waals surface area contributed by atoms with E-state index in [1.807, 2.05) is 0 Å². The fourth-order valence-corrected chi connectivity index (χ4v) is 4.08. The molecule has 0 saturated carbocycles. The minimum absolute atomic E-state index is 0.400. The third kappa shape index (κ3) is 4.13. The van der Waals surface area contributed by atoms with Crippen LogP contribution < -0.4 is 10.6 Å². The van der Waals surface area contributed by atoms with Crippen LogP contribution in [0, 0.1) is 5.92 Å². The van der Waals surface area contributed by atoms with E-state index in [2.05, 4.69) is 29.4 Å². The summed E-state index contributed by atoms with van der Waals surface area (Å²) in [7, 11) is 0. The Morgan fingerprint density at radius 2 is 2.23 bits per heavy atom. The van der Waals surface area contributed by atoms with Gasteiger partial charge in [-0.05, 0) is 51.5 Å². The number of ether oxygens (including phenoxy) is 1.